The molecule has 0 spiro atoms. The molecule has 0 bridgehead atoms. The number of unbranched alkanes of at least 4 members (excludes halogenated alkanes) is 2. The van der Waals surface area contributed by atoms with Gasteiger partial charge in [0.15, 0.2) is 0 Å². The van der Waals surface area contributed by atoms with Gasteiger partial charge >= 0.3 is 0 Å². The first-order chi connectivity index (χ1) is 12.8. The summed E-state index contributed by atoms with van der Waals surface area (Å²) in [6.45, 7) is 4.59. The highest BCUT2D eigenvalue weighted by Gasteiger charge is 2.20. The summed E-state index contributed by atoms with van der Waals surface area (Å²) in [6, 6.07) is 22.3. The van der Waals surface area contributed by atoms with Gasteiger partial charge in [0.05, 0.1) is 8.41 Å². The lowest BCUT2D eigenvalue weighted by Crippen LogP contribution is -2.40. The number of hydrogen-bond donors (Lipinski definition) is 0. The zero-order chi connectivity index (χ0) is 18.2. The highest BCUT2D eigenvalue weighted by molar-refractivity contribution is 6.94. The molecule has 2 aromatic carbocycles. The summed E-state index contributed by atoms with van der Waals surface area (Å²) in [7, 11) is -0.941. The van der Waals surface area contributed by atoms with Crippen LogP contribution < -0.4 is 10.4 Å². The second-order valence-electron chi connectivity index (χ2n) is 7.06. The van der Waals surface area contributed by atoms with E-state index in [0.29, 0.717) is 0 Å². The topological polar surface area (TPSA) is 0 Å². The first-order valence-electron chi connectivity index (χ1n) is 10.1. The molecular weight excluding hydrogens is 328 g/mol. The normalized spacial score (nSPS) is 13.5. The number of benzene rings is 2. The van der Waals surface area contributed by atoms with Crippen LogP contribution in [-0.4, -0.2) is 13.6 Å². The van der Waals surface area contributed by atoms with Crippen molar-refractivity contribution in [3.05, 3.63) is 84.0 Å². The molecule has 0 unspecified atom stereocenters. The molecule has 0 radical (unpaired) electrons. The molecule has 1 aliphatic rings. The van der Waals surface area contributed by atoms with Gasteiger partial charge in [0, 0.05) is 0 Å². The third kappa shape index (κ3) is 4.39. The molecule has 0 saturated carbocycles. The number of rotatable bonds is 8. The average Bonchev–Trinajstić information content (AvgIpc) is 3.09. The minimum atomic E-state index is -0.941. The summed E-state index contributed by atoms with van der Waals surface area (Å²) < 4.78 is 0. The number of hydrogen-bond acceptors (Lipinski definition) is 0. The van der Waals surface area contributed by atoms with Gasteiger partial charge in [0.25, 0.3) is 0 Å². The number of allylic oxidation sites excluding steroid dienone is 4. The lowest BCUT2D eigenvalue weighted by molar-refractivity contribution is 0.771. The predicted octanol–water partition coefficient (Wildman–Crippen LogP) is 5.30. The van der Waals surface area contributed by atoms with Crippen LogP contribution in [0.4, 0.5) is 0 Å². The van der Waals surface area contributed by atoms with E-state index in [1.54, 1.807) is 16.3 Å². The Morgan fingerprint density at radius 1 is 0.654 bits per heavy atom. The molecule has 0 aliphatic heterocycles. The first-order valence-corrected chi connectivity index (χ1v) is 11.6. The summed E-state index contributed by atoms with van der Waals surface area (Å²) in [6.07, 6.45) is 12.4. The van der Waals surface area contributed by atoms with Crippen LogP contribution in [0.5, 0.6) is 0 Å². The Bertz CT molecular complexity index is 753. The zero-order valence-electron chi connectivity index (χ0n) is 16.2. The zero-order valence-corrected chi connectivity index (χ0v) is 17.2. The van der Waals surface area contributed by atoms with Crippen LogP contribution in [0, 0.1) is 0 Å². The van der Waals surface area contributed by atoms with Gasteiger partial charge in [-0.1, -0.05) is 99.5 Å². The Balaban J connectivity index is 2.14. The van der Waals surface area contributed by atoms with E-state index < -0.39 is 8.41 Å². The molecule has 1 heteroatoms. The molecule has 3 rings (SSSR count). The molecule has 0 nitrogen and oxygen atoms in total. The maximum atomic E-state index is 2.45. The summed E-state index contributed by atoms with van der Waals surface area (Å²) in [5, 5.41) is 4.61. The smallest absolute Gasteiger partial charge is 0.0654 e. The molecule has 26 heavy (non-hydrogen) atoms. The molecule has 1 aliphatic carbocycles. The van der Waals surface area contributed by atoms with Crippen LogP contribution in [0.1, 0.15) is 52.4 Å². The van der Waals surface area contributed by atoms with E-state index in [1.165, 1.54) is 48.9 Å². The first kappa shape index (κ1) is 18.8. The Morgan fingerprint density at radius 3 is 1.73 bits per heavy atom. The van der Waals surface area contributed by atoms with Crippen molar-refractivity contribution in [2.45, 2.75) is 52.4 Å². The second kappa shape index (κ2) is 9.63. The van der Waals surface area contributed by atoms with Gasteiger partial charge in [0.2, 0.25) is 0 Å². The SMILES string of the molecule is CCCCC1=C(CCCC)C(=[Si](c2ccccc2)c2ccccc2)C=C1. The second-order valence-corrected chi connectivity index (χ2v) is 9.51. The van der Waals surface area contributed by atoms with Crippen LogP contribution >= 0.6 is 0 Å². The third-order valence-electron chi connectivity index (χ3n) is 5.14. The molecule has 0 saturated heterocycles. The minimum absolute atomic E-state index is 0.941. The van der Waals surface area contributed by atoms with Gasteiger partial charge < -0.3 is 0 Å². The standard InChI is InChI=1S/C25H30Si/c1-3-5-13-21-19-20-25(24(21)18-6-4-2)26(22-14-9-7-10-15-22)23-16-11-8-12-17-23/h7-12,14-17,19-20H,3-6,13,18H2,1-2H3. The Labute approximate surface area is 160 Å². The molecule has 0 atom stereocenters. The fourth-order valence-corrected chi connectivity index (χ4v) is 6.57. The van der Waals surface area contributed by atoms with E-state index in [2.05, 4.69) is 86.7 Å². The van der Waals surface area contributed by atoms with E-state index in [-0.39, 0.29) is 0 Å². The van der Waals surface area contributed by atoms with Crippen molar-refractivity contribution in [3.63, 3.8) is 0 Å². The predicted molar refractivity (Wildman–Crippen MR) is 118 cm³/mol. The molecule has 0 fully saturated rings. The van der Waals surface area contributed by atoms with Gasteiger partial charge in [-0.25, -0.2) is 0 Å². The lowest BCUT2D eigenvalue weighted by Gasteiger charge is -2.15. The van der Waals surface area contributed by atoms with Crippen molar-refractivity contribution < 1.29 is 0 Å². The van der Waals surface area contributed by atoms with Gasteiger partial charge in [-0.3, -0.25) is 0 Å². The summed E-state index contributed by atoms with van der Waals surface area (Å²) in [4.78, 5) is 0. The van der Waals surface area contributed by atoms with E-state index in [0.717, 1.165) is 0 Å². The van der Waals surface area contributed by atoms with Crippen LogP contribution in [-0.2, 0) is 0 Å². The quantitative estimate of drug-likeness (QED) is 0.562. The van der Waals surface area contributed by atoms with Crippen LogP contribution in [0.3, 0.4) is 0 Å². The van der Waals surface area contributed by atoms with E-state index in [1.807, 2.05) is 0 Å². The van der Waals surface area contributed by atoms with Crippen molar-refractivity contribution in [3.8, 4) is 0 Å². The lowest BCUT2D eigenvalue weighted by atomic mass is 10.0. The third-order valence-corrected chi connectivity index (χ3v) is 7.97. The fraction of sp³-hybridized carbons (Fsp3) is 0.320. The maximum absolute atomic E-state index is 2.45. The van der Waals surface area contributed by atoms with E-state index in [9.17, 15) is 0 Å². The Kier molecular flexibility index (Phi) is 6.96. The van der Waals surface area contributed by atoms with Gasteiger partial charge in [-0.15, -0.1) is 0 Å². The molecule has 2 aromatic rings. The largest absolute Gasteiger partial charge is 0.0880 e. The van der Waals surface area contributed by atoms with Crippen molar-refractivity contribution in [1.82, 2.24) is 0 Å². The minimum Gasteiger partial charge on any atom is -0.0654 e. The summed E-state index contributed by atoms with van der Waals surface area (Å²) in [5.41, 5.74) is 3.26. The fourth-order valence-electron chi connectivity index (χ4n) is 3.73. The van der Waals surface area contributed by atoms with Crippen LogP contribution in [0.25, 0.3) is 0 Å². The van der Waals surface area contributed by atoms with Crippen molar-refractivity contribution >= 4 is 24.0 Å². The maximum Gasteiger partial charge on any atom is 0.0880 e. The average molecular weight is 359 g/mol. The van der Waals surface area contributed by atoms with Crippen molar-refractivity contribution in [2.75, 3.05) is 0 Å². The molecule has 0 N–H and O–H groups in total. The van der Waals surface area contributed by atoms with Crippen LogP contribution in [0.15, 0.2) is 84.0 Å². The van der Waals surface area contributed by atoms with E-state index >= 15 is 0 Å². The van der Waals surface area contributed by atoms with E-state index in [4.69, 9.17) is 0 Å². The van der Waals surface area contributed by atoms with Gasteiger partial charge in [0.1, 0.15) is 0 Å². The molecule has 0 heterocycles. The molecule has 134 valence electrons. The summed E-state index contributed by atoms with van der Waals surface area (Å²) in [5.74, 6) is 0. The van der Waals surface area contributed by atoms with Crippen molar-refractivity contribution in [2.24, 2.45) is 0 Å². The van der Waals surface area contributed by atoms with Gasteiger partial charge in [-0.2, -0.15) is 0 Å². The molecular formula is C25H30Si. The van der Waals surface area contributed by atoms with Crippen LogP contribution in [0.2, 0.25) is 0 Å². The molecule has 0 aromatic heterocycles. The Hall–Kier alpha value is -1.99. The highest BCUT2D eigenvalue weighted by Crippen LogP contribution is 2.26. The highest BCUT2D eigenvalue weighted by atomic mass is 28.2. The summed E-state index contributed by atoms with van der Waals surface area (Å²) >= 11 is 0. The van der Waals surface area contributed by atoms with Crippen molar-refractivity contribution in [1.29, 1.82) is 0 Å². The monoisotopic (exact) mass is 358 g/mol. The Morgan fingerprint density at radius 2 is 1.19 bits per heavy atom. The van der Waals surface area contributed by atoms with Gasteiger partial charge in [-0.05, 0) is 52.4 Å². The molecule has 0 amide bonds.